The maximum Gasteiger partial charge on any atom is 0.326 e. The number of nitrogens with two attached hydrogens (primary N) is 2. The molecule has 0 fully saturated rings. The van der Waals surface area contributed by atoms with Gasteiger partial charge in [0.15, 0.2) is 0 Å². The van der Waals surface area contributed by atoms with E-state index in [0.29, 0.717) is 0 Å². The van der Waals surface area contributed by atoms with Crippen LogP contribution in [-0.2, 0) is 33.6 Å². The maximum absolute atomic E-state index is 12.1. The van der Waals surface area contributed by atoms with Crippen LogP contribution < -0.4 is 27.4 Å². The maximum atomic E-state index is 12.1. The summed E-state index contributed by atoms with van der Waals surface area (Å²) in [6.07, 6.45) is -2.36. The van der Waals surface area contributed by atoms with Crippen LogP contribution in [0.2, 0.25) is 0 Å². The number of primary amides is 1. The summed E-state index contributed by atoms with van der Waals surface area (Å²) in [5.41, 5.74) is 10.3. The normalized spacial score (nSPS) is 13.3. The summed E-state index contributed by atoms with van der Waals surface area (Å²) >= 11 is 0. The number of amides is 4. The molecule has 0 heterocycles. The number of hydrogen-bond donors (Lipinski definition) is 8. The first-order valence-corrected chi connectivity index (χ1v) is 7.91. The van der Waals surface area contributed by atoms with Crippen LogP contribution >= 0.6 is 0 Å². The van der Waals surface area contributed by atoms with Crippen molar-refractivity contribution in [1.82, 2.24) is 16.0 Å². The predicted octanol–water partition coefficient (Wildman–Crippen LogP) is -4.69. The Morgan fingerprint density at radius 1 is 0.759 bits per heavy atom. The number of nitrogens with one attached hydrogen (secondary N) is 3. The van der Waals surface area contributed by atoms with E-state index >= 15 is 0 Å². The highest BCUT2D eigenvalue weighted by atomic mass is 16.4. The van der Waals surface area contributed by atoms with Crippen molar-refractivity contribution < 1.29 is 48.9 Å². The van der Waals surface area contributed by atoms with E-state index in [1.165, 1.54) is 0 Å². The predicted molar refractivity (Wildman–Crippen MR) is 90.8 cm³/mol. The third kappa shape index (κ3) is 10.9. The van der Waals surface area contributed by atoms with Crippen molar-refractivity contribution in [3.05, 3.63) is 0 Å². The lowest BCUT2D eigenvalue weighted by atomic mass is 10.1. The van der Waals surface area contributed by atoms with Gasteiger partial charge in [0.05, 0.1) is 31.8 Å². The SMILES string of the molecule is NC(=O)CC(NC(=O)C(N)CC(=O)O)C(=O)NCC(=O)NC(CC(=O)O)C(=O)O. The van der Waals surface area contributed by atoms with Crippen molar-refractivity contribution in [3.63, 3.8) is 0 Å². The lowest BCUT2D eigenvalue weighted by Crippen LogP contribution is -2.54. The summed E-state index contributed by atoms with van der Waals surface area (Å²) in [5, 5.41) is 31.9. The first-order valence-electron chi connectivity index (χ1n) is 7.91. The molecule has 0 bridgehead atoms. The molecule has 3 unspecified atom stereocenters. The first-order chi connectivity index (χ1) is 13.3. The second-order valence-corrected chi connectivity index (χ2v) is 5.71. The van der Waals surface area contributed by atoms with E-state index < -0.39 is 85.5 Å². The van der Waals surface area contributed by atoms with Crippen LogP contribution in [0.3, 0.4) is 0 Å². The summed E-state index contributed by atoms with van der Waals surface area (Å²) < 4.78 is 0. The molecule has 0 radical (unpaired) electrons. The van der Waals surface area contributed by atoms with Gasteiger partial charge in [0, 0.05) is 0 Å². The molecule has 3 atom stereocenters. The largest absolute Gasteiger partial charge is 0.481 e. The zero-order chi connectivity index (χ0) is 22.7. The Labute approximate surface area is 162 Å². The number of carbonyl (C=O) groups excluding carboxylic acids is 4. The Bertz CT molecular complexity index is 694. The van der Waals surface area contributed by atoms with E-state index in [-0.39, 0.29) is 0 Å². The number of carboxylic acids is 3. The number of aliphatic carboxylic acids is 3. The number of carboxylic acid groups (broad SMARTS) is 3. The quantitative estimate of drug-likeness (QED) is 0.140. The van der Waals surface area contributed by atoms with E-state index in [0.717, 1.165) is 0 Å². The van der Waals surface area contributed by atoms with Gasteiger partial charge in [0.25, 0.3) is 0 Å². The summed E-state index contributed by atoms with van der Waals surface area (Å²) in [5.74, 6) is -8.67. The molecule has 15 nitrogen and oxygen atoms in total. The smallest absolute Gasteiger partial charge is 0.326 e. The lowest BCUT2D eigenvalue weighted by Gasteiger charge is -2.19. The minimum absolute atomic E-state index is 0.699. The molecule has 0 saturated heterocycles. The second kappa shape index (κ2) is 11.9. The van der Waals surface area contributed by atoms with E-state index in [9.17, 15) is 33.6 Å². The molecule has 162 valence electrons. The van der Waals surface area contributed by atoms with Crippen molar-refractivity contribution in [2.24, 2.45) is 11.5 Å². The van der Waals surface area contributed by atoms with Crippen molar-refractivity contribution in [1.29, 1.82) is 0 Å². The fraction of sp³-hybridized carbons (Fsp3) is 0.500. The zero-order valence-electron chi connectivity index (χ0n) is 14.9. The Kier molecular flexibility index (Phi) is 10.3. The number of hydrogen-bond acceptors (Lipinski definition) is 8. The van der Waals surface area contributed by atoms with Crippen LogP contribution in [0.15, 0.2) is 0 Å². The number of rotatable bonds is 13. The molecule has 0 aromatic heterocycles. The van der Waals surface area contributed by atoms with Crippen molar-refractivity contribution in [2.45, 2.75) is 37.4 Å². The number of carbonyl (C=O) groups is 7. The minimum atomic E-state index is -1.74. The Balaban J connectivity index is 4.89. The lowest BCUT2D eigenvalue weighted by molar-refractivity contribution is -0.147. The molecule has 0 aliphatic heterocycles. The molecule has 29 heavy (non-hydrogen) atoms. The van der Waals surface area contributed by atoms with Crippen molar-refractivity contribution in [2.75, 3.05) is 6.54 Å². The second-order valence-electron chi connectivity index (χ2n) is 5.71. The van der Waals surface area contributed by atoms with Crippen molar-refractivity contribution in [3.8, 4) is 0 Å². The molecule has 15 heteroatoms. The minimum Gasteiger partial charge on any atom is -0.481 e. The van der Waals surface area contributed by atoms with Crippen LogP contribution in [-0.4, -0.2) is 81.5 Å². The van der Waals surface area contributed by atoms with Crippen LogP contribution in [0, 0.1) is 0 Å². The van der Waals surface area contributed by atoms with Gasteiger partial charge in [0.1, 0.15) is 12.1 Å². The zero-order valence-corrected chi connectivity index (χ0v) is 14.9. The van der Waals surface area contributed by atoms with Crippen LogP contribution in [0.5, 0.6) is 0 Å². The van der Waals surface area contributed by atoms with Gasteiger partial charge in [0.2, 0.25) is 23.6 Å². The van der Waals surface area contributed by atoms with Gasteiger partial charge in [-0.15, -0.1) is 0 Å². The summed E-state index contributed by atoms with van der Waals surface area (Å²) in [6.45, 7) is -0.811. The molecule has 0 rings (SSSR count). The molecule has 0 saturated carbocycles. The molecular weight excluding hydrogens is 398 g/mol. The highest BCUT2D eigenvalue weighted by Crippen LogP contribution is 1.97. The highest BCUT2D eigenvalue weighted by molar-refractivity contribution is 5.95. The molecule has 0 aromatic rings. The van der Waals surface area contributed by atoms with E-state index in [1.54, 1.807) is 0 Å². The van der Waals surface area contributed by atoms with E-state index in [2.05, 4.69) is 0 Å². The Morgan fingerprint density at radius 3 is 1.76 bits per heavy atom. The monoisotopic (exact) mass is 419 g/mol. The third-order valence-corrected chi connectivity index (χ3v) is 3.20. The van der Waals surface area contributed by atoms with Crippen molar-refractivity contribution >= 4 is 41.5 Å². The molecule has 0 aliphatic rings. The van der Waals surface area contributed by atoms with E-state index in [4.69, 9.17) is 26.8 Å². The topological polar surface area (TPSA) is 268 Å². The van der Waals surface area contributed by atoms with Crippen LogP contribution in [0.25, 0.3) is 0 Å². The molecule has 0 spiro atoms. The van der Waals surface area contributed by atoms with Gasteiger partial charge in [-0.2, -0.15) is 0 Å². The van der Waals surface area contributed by atoms with Gasteiger partial charge >= 0.3 is 17.9 Å². The van der Waals surface area contributed by atoms with Crippen LogP contribution in [0.1, 0.15) is 19.3 Å². The van der Waals surface area contributed by atoms with Gasteiger partial charge in [-0.3, -0.25) is 28.8 Å². The van der Waals surface area contributed by atoms with Crippen LogP contribution in [0.4, 0.5) is 0 Å². The summed E-state index contributed by atoms with van der Waals surface area (Å²) in [7, 11) is 0. The van der Waals surface area contributed by atoms with Gasteiger partial charge < -0.3 is 42.7 Å². The first kappa shape index (κ1) is 25.2. The van der Waals surface area contributed by atoms with Gasteiger partial charge in [-0.05, 0) is 0 Å². The molecule has 10 N–H and O–H groups in total. The summed E-state index contributed by atoms with van der Waals surface area (Å²) in [4.78, 5) is 78.6. The fourth-order valence-corrected chi connectivity index (χ4v) is 1.88. The molecule has 0 aliphatic carbocycles. The van der Waals surface area contributed by atoms with E-state index in [1.807, 2.05) is 16.0 Å². The molecular formula is C14H21N5O10. The van der Waals surface area contributed by atoms with Gasteiger partial charge in [-0.25, -0.2) is 4.79 Å². The average Bonchev–Trinajstić information content (AvgIpc) is 2.56. The molecule has 0 aromatic carbocycles. The highest BCUT2D eigenvalue weighted by Gasteiger charge is 2.27. The standard InChI is InChI=1S/C14H21N5O10/c15-5(1-10(22)23)12(26)19-6(2-8(16)20)13(27)17-4-9(21)18-7(14(28)29)3-11(24)25/h5-7H,1-4,15H2,(H2,16,20)(H,17,27)(H,18,21)(H,19,26)(H,22,23)(H,24,25)(H,28,29). The third-order valence-electron chi connectivity index (χ3n) is 3.20. The van der Waals surface area contributed by atoms with Gasteiger partial charge in [-0.1, -0.05) is 0 Å². The Hall–Kier alpha value is -3.75. The molecule has 4 amide bonds. The Morgan fingerprint density at radius 2 is 1.31 bits per heavy atom. The fourth-order valence-electron chi connectivity index (χ4n) is 1.88. The average molecular weight is 419 g/mol. The summed E-state index contributed by atoms with van der Waals surface area (Å²) in [6, 6.07) is -4.85.